The van der Waals surface area contributed by atoms with E-state index in [1.165, 1.54) is 4.90 Å². The Balaban J connectivity index is 1.96. The van der Waals surface area contributed by atoms with E-state index < -0.39 is 58.0 Å². The summed E-state index contributed by atoms with van der Waals surface area (Å²) in [4.78, 5) is 55.9. The number of carbonyl (C=O) groups excluding carboxylic acids is 4. The summed E-state index contributed by atoms with van der Waals surface area (Å²) in [6.45, 7) is 6.33. The number of amides is 5. The molecular formula is C26H40N6O7S. The highest BCUT2D eigenvalue weighted by molar-refractivity contribution is 7.88. The lowest BCUT2D eigenvalue weighted by Crippen LogP contribution is -2.60. The average Bonchev–Trinajstić information content (AvgIpc) is 3.23. The normalized spacial score (nSPS) is 28.5. The number of hydrogen-bond donors (Lipinski definition) is 3. The molecule has 5 amide bonds. The number of imide groups is 1. The minimum Gasteiger partial charge on any atom is -0.443 e. The van der Waals surface area contributed by atoms with Crippen molar-refractivity contribution in [2.24, 2.45) is 5.92 Å². The van der Waals surface area contributed by atoms with Crippen molar-refractivity contribution >= 4 is 34.1 Å². The van der Waals surface area contributed by atoms with Gasteiger partial charge in [-0.2, -0.15) is 18.4 Å². The van der Waals surface area contributed by atoms with Crippen LogP contribution in [0.25, 0.3) is 0 Å². The predicted molar refractivity (Wildman–Crippen MR) is 145 cm³/mol. The number of nitriles is 1. The summed E-state index contributed by atoms with van der Waals surface area (Å²) in [5, 5.41) is 11.8. The Kier molecular flexibility index (Phi) is 9.84. The van der Waals surface area contributed by atoms with Crippen LogP contribution in [0.1, 0.15) is 79.1 Å². The topological polar surface area (TPSA) is 178 Å². The van der Waals surface area contributed by atoms with Crippen molar-refractivity contribution < 1.29 is 32.3 Å². The summed E-state index contributed by atoms with van der Waals surface area (Å²) >= 11 is 0. The van der Waals surface area contributed by atoms with Crippen molar-refractivity contribution in [1.29, 1.82) is 5.26 Å². The lowest BCUT2D eigenvalue weighted by molar-refractivity contribution is -0.142. The van der Waals surface area contributed by atoms with Crippen molar-refractivity contribution in [2.45, 2.75) is 102 Å². The fraction of sp³-hybridized carbons (Fsp3) is 0.731. The Morgan fingerprint density at radius 2 is 1.95 bits per heavy atom. The van der Waals surface area contributed by atoms with Crippen LogP contribution in [-0.2, 0) is 24.5 Å². The summed E-state index contributed by atoms with van der Waals surface area (Å²) in [5.74, 6) is -0.705. The molecule has 2 fully saturated rings. The van der Waals surface area contributed by atoms with Gasteiger partial charge in [-0.25, -0.2) is 19.2 Å². The number of nitrogens with one attached hydrogen (secondary N) is 3. The number of carbonyl (C=O) groups is 4. The van der Waals surface area contributed by atoms with Gasteiger partial charge in [0.2, 0.25) is 11.8 Å². The molecule has 2 aliphatic heterocycles. The van der Waals surface area contributed by atoms with Crippen LogP contribution in [0.4, 0.5) is 9.59 Å². The van der Waals surface area contributed by atoms with Crippen LogP contribution in [0.3, 0.4) is 0 Å². The van der Waals surface area contributed by atoms with Gasteiger partial charge in [0.1, 0.15) is 17.7 Å². The minimum absolute atomic E-state index is 0.0477. The number of allylic oxidation sites excluding steroid dienone is 1. The average molecular weight is 581 g/mol. The van der Waals surface area contributed by atoms with Crippen molar-refractivity contribution in [3.8, 4) is 6.07 Å². The molecule has 0 bridgehead atoms. The van der Waals surface area contributed by atoms with E-state index in [9.17, 15) is 27.6 Å². The zero-order chi connectivity index (χ0) is 29.7. The summed E-state index contributed by atoms with van der Waals surface area (Å²) in [6, 6.07) is -2.01. The van der Waals surface area contributed by atoms with Gasteiger partial charge in [-0.1, -0.05) is 25.0 Å². The summed E-state index contributed by atoms with van der Waals surface area (Å²) in [6.07, 6.45) is 7.61. The smallest absolute Gasteiger partial charge is 0.419 e. The van der Waals surface area contributed by atoms with Crippen LogP contribution in [0.2, 0.25) is 0 Å². The van der Waals surface area contributed by atoms with Gasteiger partial charge < -0.3 is 15.0 Å². The van der Waals surface area contributed by atoms with Crippen LogP contribution in [0.15, 0.2) is 12.2 Å². The van der Waals surface area contributed by atoms with Crippen LogP contribution >= 0.6 is 0 Å². The van der Waals surface area contributed by atoms with E-state index in [4.69, 9.17) is 10.00 Å². The molecule has 2 heterocycles. The molecule has 0 radical (unpaired) electrons. The Labute approximate surface area is 235 Å². The highest BCUT2D eigenvalue weighted by Gasteiger charge is 2.51. The highest BCUT2D eigenvalue weighted by Crippen LogP contribution is 2.44. The van der Waals surface area contributed by atoms with Gasteiger partial charge in [-0.15, -0.1) is 0 Å². The molecule has 0 spiro atoms. The number of hydrogen-bond acceptors (Lipinski definition) is 8. The lowest BCUT2D eigenvalue weighted by Gasteiger charge is -2.35. The Morgan fingerprint density at radius 1 is 1.23 bits per heavy atom. The van der Waals surface area contributed by atoms with Gasteiger partial charge in [-0.05, 0) is 66.2 Å². The van der Waals surface area contributed by atoms with Crippen LogP contribution in [0, 0.1) is 17.2 Å². The molecule has 40 heavy (non-hydrogen) atoms. The van der Waals surface area contributed by atoms with Crippen molar-refractivity contribution in [2.75, 3.05) is 13.1 Å². The number of rotatable bonds is 4. The number of ether oxygens (including phenoxy) is 1. The first-order chi connectivity index (χ1) is 18.7. The first-order valence-corrected chi connectivity index (χ1v) is 15.2. The third-order valence-electron chi connectivity index (χ3n) is 7.23. The molecule has 1 aliphatic carbocycles. The fourth-order valence-electron chi connectivity index (χ4n) is 5.07. The Hall–Kier alpha value is -3.18. The van der Waals surface area contributed by atoms with Crippen LogP contribution in [-0.4, -0.2) is 78.5 Å². The number of urea groups is 1. The second-order valence-electron chi connectivity index (χ2n) is 11.7. The van der Waals surface area contributed by atoms with E-state index in [0.29, 0.717) is 30.6 Å². The van der Waals surface area contributed by atoms with Crippen LogP contribution in [0.5, 0.6) is 0 Å². The number of fused-ring (bicyclic) bond motifs is 2. The van der Waals surface area contributed by atoms with Crippen molar-refractivity contribution in [3.05, 3.63) is 12.2 Å². The molecule has 4 atom stereocenters. The maximum absolute atomic E-state index is 14.0. The fourth-order valence-corrected chi connectivity index (χ4v) is 5.73. The molecule has 0 aromatic carbocycles. The molecule has 0 aromatic rings. The van der Waals surface area contributed by atoms with Crippen molar-refractivity contribution in [1.82, 2.24) is 24.6 Å². The maximum Gasteiger partial charge on any atom is 0.419 e. The third-order valence-corrected chi connectivity index (χ3v) is 8.20. The van der Waals surface area contributed by atoms with Gasteiger partial charge in [0.25, 0.3) is 0 Å². The second kappa shape index (κ2) is 12.6. The van der Waals surface area contributed by atoms with Crippen LogP contribution < -0.4 is 14.8 Å². The zero-order valence-electron chi connectivity index (χ0n) is 23.6. The molecule has 14 heteroatoms. The van der Waals surface area contributed by atoms with Gasteiger partial charge in [0.05, 0.1) is 12.6 Å². The van der Waals surface area contributed by atoms with E-state index in [0.717, 1.165) is 19.3 Å². The summed E-state index contributed by atoms with van der Waals surface area (Å²) in [7, 11) is -4.53. The van der Waals surface area contributed by atoms with Gasteiger partial charge in [0.15, 0.2) is 0 Å². The highest BCUT2D eigenvalue weighted by atomic mass is 32.2. The van der Waals surface area contributed by atoms with Gasteiger partial charge in [0, 0.05) is 18.0 Å². The molecule has 1 saturated carbocycles. The van der Waals surface area contributed by atoms with E-state index >= 15 is 0 Å². The molecule has 222 valence electrons. The Morgan fingerprint density at radius 3 is 2.62 bits per heavy atom. The zero-order valence-corrected chi connectivity index (χ0v) is 24.4. The molecule has 3 rings (SSSR count). The molecule has 0 unspecified atom stereocenters. The SMILES string of the molecule is CC(C)(C)OC(=O)N(C(=O)NS(=O)(=O)NCC#N)[C@H]1CCCCC/C=C\[C@@H]2C[C@@]2(C)NC(=O)[C@@H]2CCCN2C1=O. The molecule has 3 N–H and O–H groups in total. The molecule has 1 saturated heterocycles. The molecule has 3 aliphatic rings. The van der Waals surface area contributed by atoms with E-state index in [-0.39, 0.29) is 24.8 Å². The lowest BCUT2D eigenvalue weighted by atomic mass is 10.0. The monoisotopic (exact) mass is 580 g/mol. The number of nitrogens with zero attached hydrogens (tertiary/aromatic N) is 3. The first-order valence-electron chi connectivity index (χ1n) is 13.7. The standard InChI is InChI=1S/C26H40N6O7S/c1-25(2,3)39-24(36)32(23(35)30-40(37,38)28-15-14-27)20-12-9-7-5-6-8-11-18-17-26(18,4)29-21(33)19-13-10-16-31(19)22(20)34/h8,11,18-20,28H,5-7,9-10,12-13,15-17H2,1-4H3,(H,29,33)(H,30,35)/b11-8-/t18-,19+,20+,26-/m1/s1. The van der Waals surface area contributed by atoms with Gasteiger partial charge >= 0.3 is 22.3 Å². The molecule has 0 aromatic heterocycles. The quantitative estimate of drug-likeness (QED) is 0.334. The largest absolute Gasteiger partial charge is 0.443 e. The van der Waals surface area contributed by atoms with Gasteiger partial charge in [-0.3, -0.25) is 9.59 Å². The summed E-state index contributed by atoms with van der Waals surface area (Å²) < 4.78 is 33.7. The predicted octanol–water partition coefficient (Wildman–Crippen LogP) is 2.07. The first kappa shape index (κ1) is 31.3. The molecule has 13 nitrogen and oxygen atoms in total. The minimum atomic E-state index is -4.53. The van der Waals surface area contributed by atoms with E-state index in [1.807, 2.05) is 11.6 Å². The molecular weight excluding hydrogens is 540 g/mol. The maximum atomic E-state index is 14.0. The van der Waals surface area contributed by atoms with Crippen molar-refractivity contribution in [3.63, 3.8) is 0 Å². The third kappa shape index (κ3) is 8.17. The second-order valence-corrected chi connectivity index (χ2v) is 13.2. The summed E-state index contributed by atoms with van der Waals surface area (Å²) in [5.41, 5.74) is -1.45. The van der Waals surface area contributed by atoms with E-state index in [2.05, 4.69) is 17.5 Å². The van der Waals surface area contributed by atoms with E-state index in [1.54, 1.807) is 31.6 Å². The Bertz CT molecular complexity index is 1170.